The molecule has 0 N–H and O–H groups in total. The highest BCUT2D eigenvalue weighted by atomic mass is 79.9. The van der Waals surface area contributed by atoms with Crippen molar-refractivity contribution < 1.29 is 17.9 Å². The largest absolute Gasteiger partial charge is 0.462 e. The van der Waals surface area contributed by atoms with Crippen LogP contribution in [0.5, 0.6) is 0 Å². The molecule has 0 aliphatic rings. The van der Waals surface area contributed by atoms with Crippen LogP contribution in [0, 0.1) is 12.8 Å². The van der Waals surface area contributed by atoms with Gasteiger partial charge in [-0.25, -0.2) is 13.2 Å². The topological polar surface area (TPSA) is 60.4 Å². The highest BCUT2D eigenvalue weighted by Crippen LogP contribution is 2.27. The van der Waals surface area contributed by atoms with E-state index in [-0.39, 0.29) is 10.5 Å². The summed E-state index contributed by atoms with van der Waals surface area (Å²) in [7, 11) is 1.41. The van der Waals surface area contributed by atoms with Crippen molar-refractivity contribution in [1.29, 1.82) is 0 Å². The van der Waals surface area contributed by atoms with Crippen LogP contribution in [-0.2, 0) is 13.8 Å². The number of carbonyl (C=O) groups is 1. The molecule has 0 aliphatic heterocycles. The second-order valence-electron chi connectivity index (χ2n) is 4.83. The maximum Gasteiger partial charge on any atom is 0.338 e. The molecule has 4 nitrogen and oxygen atoms in total. The number of esters is 1. The Balaban J connectivity index is 3.05. The zero-order valence-electron chi connectivity index (χ0n) is 11.4. The van der Waals surface area contributed by atoms with E-state index in [4.69, 9.17) is 15.4 Å². The molecule has 0 heterocycles. The van der Waals surface area contributed by atoms with E-state index < -0.39 is 15.0 Å². The maximum absolute atomic E-state index is 12.0. The summed E-state index contributed by atoms with van der Waals surface area (Å²) in [5.41, 5.74) is 0.811. The van der Waals surface area contributed by atoms with Gasteiger partial charge in [-0.05, 0) is 37.0 Å². The fourth-order valence-corrected chi connectivity index (χ4v) is 2.87. The van der Waals surface area contributed by atoms with Crippen LogP contribution in [0.15, 0.2) is 21.5 Å². The summed E-state index contributed by atoms with van der Waals surface area (Å²) in [4.78, 5) is 11.9. The summed E-state index contributed by atoms with van der Waals surface area (Å²) in [6.45, 7) is 6.05. The van der Waals surface area contributed by atoms with Crippen LogP contribution < -0.4 is 0 Å². The molecule has 0 amide bonds. The number of rotatable bonds is 5. The average Bonchev–Trinajstić information content (AvgIpc) is 2.30. The molecule has 0 atom stereocenters. The molecule has 1 aromatic rings. The SMILES string of the molecule is Cc1c(Br)cc(S(=O)(=O)Cl)cc1C(=O)OCCC(C)C. The van der Waals surface area contributed by atoms with Crippen LogP contribution in [0.4, 0.5) is 0 Å². The van der Waals surface area contributed by atoms with Gasteiger partial charge in [0.1, 0.15) is 0 Å². The Labute approximate surface area is 132 Å². The van der Waals surface area contributed by atoms with Gasteiger partial charge in [-0.15, -0.1) is 0 Å². The Morgan fingerprint density at radius 1 is 1.40 bits per heavy atom. The highest BCUT2D eigenvalue weighted by Gasteiger charge is 2.19. The molecule has 0 saturated heterocycles. The van der Waals surface area contributed by atoms with Gasteiger partial charge in [0.25, 0.3) is 9.05 Å². The molecule has 0 saturated carbocycles. The molecule has 112 valence electrons. The lowest BCUT2D eigenvalue weighted by molar-refractivity contribution is 0.0487. The van der Waals surface area contributed by atoms with E-state index in [1.807, 2.05) is 13.8 Å². The molecule has 20 heavy (non-hydrogen) atoms. The fraction of sp³-hybridized carbons (Fsp3) is 0.462. The fourth-order valence-electron chi connectivity index (χ4n) is 1.47. The summed E-state index contributed by atoms with van der Waals surface area (Å²) < 4.78 is 28.4. The predicted molar refractivity (Wildman–Crippen MR) is 81.7 cm³/mol. The van der Waals surface area contributed by atoms with Crippen LogP contribution in [0.2, 0.25) is 0 Å². The first-order valence-electron chi connectivity index (χ1n) is 6.05. The highest BCUT2D eigenvalue weighted by molar-refractivity contribution is 9.10. The Kier molecular flexibility index (Phi) is 6.04. The van der Waals surface area contributed by atoms with Gasteiger partial charge in [0.2, 0.25) is 0 Å². The average molecular weight is 384 g/mol. The van der Waals surface area contributed by atoms with Gasteiger partial charge in [-0.3, -0.25) is 0 Å². The first-order chi connectivity index (χ1) is 9.12. The smallest absolute Gasteiger partial charge is 0.338 e. The van der Waals surface area contributed by atoms with E-state index >= 15 is 0 Å². The minimum atomic E-state index is -3.90. The summed E-state index contributed by atoms with van der Waals surface area (Å²) in [5.74, 6) is -0.129. The van der Waals surface area contributed by atoms with Crippen LogP contribution in [0.25, 0.3) is 0 Å². The second-order valence-corrected chi connectivity index (χ2v) is 8.25. The summed E-state index contributed by atoms with van der Waals surface area (Å²) in [6, 6.07) is 2.60. The van der Waals surface area contributed by atoms with Gasteiger partial charge in [0, 0.05) is 15.2 Å². The van der Waals surface area contributed by atoms with Gasteiger partial charge in [0.15, 0.2) is 0 Å². The first-order valence-corrected chi connectivity index (χ1v) is 9.15. The molecular weight excluding hydrogens is 368 g/mol. The monoisotopic (exact) mass is 382 g/mol. The molecule has 0 radical (unpaired) electrons. The van der Waals surface area contributed by atoms with Gasteiger partial charge < -0.3 is 4.74 Å². The molecular formula is C13H16BrClO4S. The molecule has 0 spiro atoms. The Bertz CT molecular complexity index is 611. The maximum atomic E-state index is 12.0. The lowest BCUT2D eigenvalue weighted by Crippen LogP contribution is -2.11. The van der Waals surface area contributed by atoms with Crippen LogP contribution in [-0.4, -0.2) is 21.0 Å². The standard InChI is InChI=1S/C13H16BrClO4S/c1-8(2)4-5-19-13(16)11-6-10(20(15,17)18)7-12(14)9(11)3/h6-8H,4-5H2,1-3H3. The van der Waals surface area contributed by atoms with E-state index in [1.54, 1.807) is 6.92 Å². The van der Waals surface area contributed by atoms with Gasteiger partial charge in [0.05, 0.1) is 17.1 Å². The van der Waals surface area contributed by atoms with Crippen molar-refractivity contribution in [3.63, 3.8) is 0 Å². The van der Waals surface area contributed by atoms with Crippen LogP contribution >= 0.6 is 26.6 Å². The van der Waals surface area contributed by atoms with E-state index in [1.165, 1.54) is 12.1 Å². The molecule has 0 bridgehead atoms. The second kappa shape index (κ2) is 6.91. The predicted octanol–water partition coefficient (Wildman–Crippen LogP) is 3.89. The van der Waals surface area contributed by atoms with Crippen molar-refractivity contribution in [2.75, 3.05) is 6.61 Å². The molecule has 0 unspecified atom stereocenters. The number of hydrogen-bond donors (Lipinski definition) is 0. The minimum Gasteiger partial charge on any atom is -0.462 e. The zero-order valence-corrected chi connectivity index (χ0v) is 14.6. The van der Waals surface area contributed by atoms with E-state index in [2.05, 4.69) is 15.9 Å². The van der Waals surface area contributed by atoms with Crippen molar-refractivity contribution in [1.82, 2.24) is 0 Å². The minimum absolute atomic E-state index is 0.132. The molecule has 0 fully saturated rings. The van der Waals surface area contributed by atoms with Crippen molar-refractivity contribution in [2.24, 2.45) is 5.92 Å². The third-order valence-corrected chi connectivity index (χ3v) is 4.90. The van der Waals surface area contributed by atoms with Crippen molar-refractivity contribution in [2.45, 2.75) is 32.1 Å². The third kappa shape index (κ3) is 4.75. The molecule has 7 heteroatoms. The zero-order chi connectivity index (χ0) is 15.5. The third-order valence-electron chi connectivity index (χ3n) is 2.75. The van der Waals surface area contributed by atoms with Gasteiger partial charge in [-0.2, -0.15) is 0 Å². The van der Waals surface area contributed by atoms with E-state index in [0.29, 0.717) is 22.6 Å². The Morgan fingerprint density at radius 2 is 2.00 bits per heavy atom. The van der Waals surface area contributed by atoms with Crippen molar-refractivity contribution in [3.05, 3.63) is 27.7 Å². The normalized spacial score (nSPS) is 11.7. The number of ether oxygens (including phenoxy) is 1. The van der Waals surface area contributed by atoms with Crippen LogP contribution in [0.3, 0.4) is 0 Å². The number of halogens is 2. The Morgan fingerprint density at radius 3 is 2.50 bits per heavy atom. The first kappa shape index (κ1) is 17.5. The molecule has 0 aliphatic carbocycles. The number of benzene rings is 1. The number of carbonyl (C=O) groups excluding carboxylic acids is 1. The van der Waals surface area contributed by atoms with E-state index in [9.17, 15) is 13.2 Å². The Hall–Kier alpha value is -0.590. The summed E-state index contributed by atoms with van der Waals surface area (Å²) in [6.07, 6.45) is 0.749. The lowest BCUT2D eigenvalue weighted by Gasteiger charge is -2.11. The van der Waals surface area contributed by atoms with Gasteiger partial charge in [-0.1, -0.05) is 29.8 Å². The van der Waals surface area contributed by atoms with Crippen LogP contribution in [0.1, 0.15) is 36.2 Å². The number of hydrogen-bond acceptors (Lipinski definition) is 4. The van der Waals surface area contributed by atoms with Crippen molar-refractivity contribution in [3.8, 4) is 0 Å². The lowest BCUT2D eigenvalue weighted by atomic mass is 10.1. The summed E-state index contributed by atoms with van der Waals surface area (Å²) in [5, 5.41) is 0. The van der Waals surface area contributed by atoms with Crippen molar-refractivity contribution >= 4 is 41.6 Å². The molecule has 1 rings (SSSR count). The van der Waals surface area contributed by atoms with Gasteiger partial charge >= 0.3 is 5.97 Å². The quantitative estimate of drug-likeness (QED) is 0.572. The summed E-state index contributed by atoms with van der Waals surface area (Å²) >= 11 is 3.22. The molecule has 1 aromatic carbocycles. The van der Waals surface area contributed by atoms with E-state index in [0.717, 1.165) is 6.42 Å². The molecule has 0 aromatic heterocycles.